The second-order valence-corrected chi connectivity index (χ2v) is 9.63. The van der Waals surface area contributed by atoms with Gasteiger partial charge in [-0.05, 0) is 47.4 Å². The van der Waals surface area contributed by atoms with E-state index < -0.39 is 47.1 Å². The molecule has 214 valence electrons. The summed E-state index contributed by atoms with van der Waals surface area (Å²) in [4.78, 5) is 18.1. The summed E-state index contributed by atoms with van der Waals surface area (Å²) in [5, 5.41) is 0. The van der Waals surface area contributed by atoms with Gasteiger partial charge in [-0.25, -0.2) is 9.18 Å². The predicted molar refractivity (Wildman–Crippen MR) is 131 cm³/mol. The molecule has 12 heteroatoms. The lowest BCUT2D eigenvalue weighted by Crippen LogP contribution is -2.27. The van der Waals surface area contributed by atoms with Crippen molar-refractivity contribution in [2.45, 2.75) is 44.6 Å². The number of halogens is 7. The molecular formula is C28H25F7N2O3. The average Bonchev–Trinajstić information content (AvgIpc) is 3.26. The van der Waals surface area contributed by atoms with Crippen LogP contribution in [-0.2, 0) is 23.5 Å². The number of cyclic esters (lactones) is 1. The topological polar surface area (TPSA) is 51.7 Å². The van der Waals surface area contributed by atoms with Gasteiger partial charge >= 0.3 is 18.4 Å². The fraction of sp³-hybridized carbons (Fsp3) is 0.357. The van der Waals surface area contributed by atoms with E-state index in [2.05, 4.69) is 4.98 Å². The number of pyridine rings is 1. The fourth-order valence-electron chi connectivity index (χ4n) is 4.55. The molecule has 0 radical (unpaired) electrons. The average molecular weight is 571 g/mol. The summed E-state index contributed by atoms with van der Waals surface area (Å²) in [7, 11) is 1.40. The first-order valence-electron chi connectivity index (χ1n) is 12.3. The first-order chi connectivity index (χ1) is 18.7. The third kappa shape index (κ3) is 6.15. The van der Waals surface area contributed by atoms with Crippen LogP contribution in [0.15, 0.2) is 48.7 Å². The van der Waals surface area contributed by atoms with Gasteiger partial charge in [0, 0.05) is 36.4 Å². The second kappa shape index (κ2) is 11.0. The molecule has 1 aliphatic heterocycles. The maximum absolute atomic E-state index is 14.6. The number of nitrogens with zero attached hydrogens (tertiary/aromatic N) is 2. The lowest BCUT2D eigenvalue weighted by atomic mass is 9.94. The van der Waals surface area contributed by atoms with Crippen molar-refractivity contribution in [2.75, 3.05) is 20.2 Å². The zero-order valence-electron chi connectivity index (χ0n) is 21.7. The molecule has 1 aromatic heterocycles. The van der Waals surface area contributed by atoms with Crippen LogP contribution in [0.5, 0.6) is 5.75 Å². The molecule has 0 aliphatic carbocycles. The number of benzene rings is 2. The summed E-state index contributed by atoms with van der Waals surface area (Å²) < 4.78 is 105. The summed E-state index contributed by atoms with van der Waals surface area (Å²) in [6.45, 7) is 3.45. The van der Waals surface area contributed by atoms with Crippen LogP contribution in [0.3, 0.4) is 0 Å². The van der Waals surface area contributed by atoms with Gasteiger partial charge in [-0.3, -0.25) is 4.98 Å². The number of methoxy groups -OCH3 is 1. The molecule has 0 spiro atoms. The number of rotatable bonds is 7. The largest absolute Gasteiger partial charge is 0.496 e. The summed E-state index contributed by atoms with van der Waals surface area (Å²) in [6.07, 6.45) is -10.6. The van der Waals surface area contributed by atoms with E-state index in [1.165, 1.54) is 24.3 Å². The van der Waals surface area contributed by atoms with Crippen LogP contribution in [0.25, 0.3) is 11.1 Å². The highest BCUT2D eigenvalue weighted by Crippen LogP contribution is 2.40. The van der Waals surface area contributed by atoms with E-state index >= 15 is 0 Å². The van der Waals surface area contributed by atoms with E-state index in [1.807, 2.05) is 13.8 Å². The van der Waals surface area contributed by atoms with Gasteiger partial charge in [0.25, 0.3) is 0 Å². The summed E-state index contributed by atoms with van der Waals surface area (Å²) >= 11 is 0. The number of aromatic nitrogens is 1. The van der Waals surface area contributed by atoms with Gasteiger partial charge in [0.1, 0.15) is 17.7 Å². The first-order valence-corrected chi connectivity index (χ1v) is 12.3. The Bertz CT molecular complexity index is 1370. The highest BCUT2D eigenvalue weighted by molar-refractivity contribution is 5.74. The molecule has 1 atom stereocenters. The number of amides is 1. The molecule has 3 aromatic rings. The molecule has 1 amide bonds. The fourth-order valence-corrected chi connectivity index (χ4v) is 4.55. The van der Waals surface area contributed by atoms with Crippen LogP contribution in [0, 0.1) is 5.82 Å². The molecule has 40 heavy (non-hydrogen) atoms. The Morgan fingerprint density at radius 3 is 2.25 bits per heavy atom. The normalized spacial score (nSPS) is 16.0. The molecule has 0 saturated carbocycles. The number of hydrogen-bond acceptors (Lipinski definition) is 4. The Kier molecular flexibility index (Phi) is 8.00. The van der Waals surface area contributed by atoms with E-state index in [9.17, 15) is 35.5 Å². The number of ether oxygens (including phenoxy) is 2. The van der Waals surface area contributed by atoms with Crippen LogP contribution in [0.2, 0.25) is 0 Å². The second-order valence-electron chi connectivity index (χ2n) is 9.63. The third-order valence-corrected chi connectivity index (χ3v) is 6.61. The van der Waals surface area contributed by atoms with Crippen molar-refractivity contribution in [2.24, 2.45) is 0 Å². The van der Waals surface area contributed by atoms with Crippen molar-refractivity contribution in [3.63, 3.8) is 0 Å². The molecular weight excluding hydrogens is 545 g/mol. The van der Waals surface area contributed by atoms with Crippen molar-refractivity contribution in [3.8, 4) is 16.9 Å². The van der Waals surface area contributed by atoms with E-state index in [0.717, 1.165) is 0 Å². The third-order valence-electron chi connectivity index (χ3n) is 6.61. The Labute approximate surface area is 225 Å². The quantitative estimate of drug-likeness (QED) is 0.272. The molecule has 2 aromatic carbocycles. The van der Waals surface area contributed by atoms with E-state index in [0.29, 0.717) is 34.5 Å². The van der Waals surface area contributed by atoms with E-state index in [-0.39, 0.29) is 37.2 Å². The van der Waals surface area contributed by atoms with Gasteiger partial charge in [-0.1, -0.05) is 19.9 Å². The lowest BCUT2D eigenvalue weighted by Gasteiger charge is -2.18. The van der Waals surface area contributed by atoms with Crippen LogP contribution in [0.1, 0.15) is 53.8 Å². The number of carbonyl (C=O) groups excluding carboxylic acids is 1. The molecule has 1 aliphatic rings. The van der Waals surface area contributed by atoms with Crippen molar-refractivity contribution < 1.29 is 45.0 Å². The summed E-state index contributed by atoms with van der Waals surface area (Å²) in [6, 6.07) is 7.53. The smallest absolute Gasteiger partial charge is 0.416 e. The van der Waals surface area contributed by atoms with Crippen LogP contribution >= 0.6 is 0 Å². The Morgan fingerprint density at radius 1 is 1.02 bits per heavy atom. The molecule has 2 heterocycles. The van der Waals surface area contributed by atoms with Crippen LogP contribution in [0.4, 0.5) is 35.5 Å². The maximum atomic E-state index is 14.6. The predicted octanol–water partition coefficient (Wildman–Crippen LogP) is 7.79. The van der Waals surface area contributed by atoms with Crippen molar-refractivity contribution in [1.82, 2.24) is 9.88 Å². The van der Waals surface area contributed by atoms with Crippen molar-refractivity contribution >= 4 is 6.09 Å². The molecule has 1 saturated heterocycles. The van der Waals surface area contributed by atoms with Crippen molar-refractivity contribution in [1.29, 1.82) is 0 Å². The van der Waals surface area contributed by atoms with E-state index in [1.54, 1.807) is 18.2 Å². The van der Waals surface area contributed by atoms with Crippen molar-refractivity contribution in [3.05, 3.63) is 82.4 Å². The highest BCUT2D eigenvalue weighted by Gasteiger charge is 2.40. The summed E-state index contributed by atoms with van der Waals surface area (Å²) in [5.41, 5.74) is -1.18. The molecule has 1 fully saturated rings. The molecule has 1 unspecified atom stereocenters. The Morgan fingerprint density at radius 2 is 1.68 bits per heavy atom. The Hall–Kier alpha value is -3.83. The van der Waals surface area contributed by atoms with Gasteiger partial charge in [-0.2, -0.15) is 26.3 Å². The minimum Gasteiger partial charge on any atom is -0.496 e. The van der Waals surface area contributed by atoms with Gasteiger partial charge in [0.15, 0.2) is 0 Å². The van der Waals surface area contributed by atoms with Crippen LogP contribution in [-0.4, -0.2) is 36.2 Å². The molecule has 0 bridgehead atoms. The molecule has 4 rings (SSSR count). The number of hydrogen-bond donors (Lipinski definition) is 0. The van der Waals surface area contributed by atoms with Gasteiger partial charge in [0.2, 0.25) is 0 Å². The summed E-state index contributed by atoms with van der Waals surface area (Å²) in [5.74, 6) is -0.258. The molecule has 0 N–H and O–H groups in total. The minimum atomic E-state index is -5.02. The SMILES string of the molecule is COc1cc(F)c(C(C)C)cc1-c1cccnc1CCN1CC(c2cc(C(F)(F)F)cc(C(F)(F)F)c2)OC1=O. The van der Waals surface area contributed by atoms with Gasteiger partial charge in [-0.15, -0.1) is 0 Å². The standard InChI is InChI=1S/C28H25F7N2O3/c1-15(2)20-12-21(24(39-3)13-22(20)29)19-5-4-7-36-23(19)6-8-37-14-25(40-26(37)38)16-9-17(27(30,31)32)11-18(10-16)28(33,34)35/h4-5,7,9-13,15,25H,6,8,14H2,1-3H3. The number of carbonyl (C=O) groups is 1. The molecule has 5 nitrogen and oxygen atoms in total. The number of alkyl halides is 6. The van der Waals surface area contributed by atoms with Gasteiger partial charge in [0.05, 0.1) is 30.5 Å². The monoisotopic (exact) mass is 570 g/mol. The lowest BCUT2D eigenvalue weighted by molar-refractivity contribution is -0.143. The minimum absolute atomic E-state index is 0.0188. The maximum Gasteiger partial charge on any atom is 0.416 e. The first kappa shape index (κ1) is 29.2. The highest BCUT2D eigenvalue weighted by atomic mass is 19.4. The van der Waals surface area contributed by atoms with Gasteiger partial charge < -0.3 is 14.4 Å². The zero-order chi connectivity index (χ0) is 29.4. The Balaban J connectivity index is 1.58. The van der Waals surface area contributed by atoms with E-state index in [4.69, 9.17) is 9.47 Å². The van der Waals surface area contributed by atoms with Crippen LogP contribution < -0.4 is 4.74 Å². The zero-order valence-corrected chi connectivity index (χ0v) is 21.7.